The van der Waals surface area contributed by atoms with Gasteiger partial charge in [-0.05, 0) is 109 Å². The molecule has 350 valence electrons. The Balaban J connectivity index is 0.00000361. The largest absolute Gasteiger partial charge is 3.00 e. The van der Waals surface area contributed by atoms with Crippen LogP contribution in [0, 0.1) is 0 Å². The average molecular weight is 999 g/mol. The number of aromatic amines is 2. The molecular formula is C52H36ClMnN4O12. The van der Waals surface area contributed by atoms with E-state index >= 15 is 0 Å². The molecule has 8 bridgehead atoms. The van der Waals surface area contributed by atoms with Crippen LogP contribution >= 0.6 is 0 Å². The molecule has 16 nitrogen and oxygen atoms in total. The van der Waals surface area contributed by atoms with Crippen molar-refractivity contribution in [3.8, 4) is 67.5 Å². The van der Waals surface area contributed by atoms with E-state index in [4.69, 9.17) is 28.9 Å². The molecule has 0 radical (unpaired) electrons. The molecular weight excluding hydrogens is 963 g/mol. The maximum atomic E-state index is 12.1. The number of carboxylic acid groups (broad SMARTS) is 4. The summed E-state index contributed by atoms with van der Waals surface area (Å²) in [6.07, 6.45) is 7.12. The second kappa shape index (κ2) is 19.9. The number of rotatable bonds is 12. The van der Waals surface area contributed by atoms with Crippen molar-refractivity contribution in [1.29, 1.82) is 0 Å². The number of ether oxygens (including phenoxy) is 4. The van der Waals surface area contributed by atoms with Crippen LogP contribution in [0.3, 0.4) is 0 Å². The van der Waals surface area contributed by atoms with Gasteiger partial charge in [-0.15, -0.1) is 0 Å². The molecule has 7 aromatic rings. The van der Waals surface area contributed by atoms with E-state index in [2.05, 4.69) is 9.97 Å². The molecule has 2 aliphatic rings. The fourth-order valence-corrected chi connectivity index (χ4v) is 8.45. The standard InChI is InChI=1S/C52H38N4O12.ClH.Mn/c1-65-41-21-25(49(57)58)5-9-29(41)45-33-13-15-35(53-33)46(30-10-6-26(50(59)60)22-42(30)66-2)37-17-19-39(55-37)48(32-12-8-28(52(63)64)24-44(32)68-4)40-20-18-38(56-40)47(36-16-14-34(45)54-36)31-11-7-27(51(61)62)23-43(31)67-3;;/h5-24,53,56H,1-4H3,(H,57,58)(H,59,60)(H,61,62)(H,63,64);1H;/q;;+3/p-3. The number of hydrogen-bond acceptors (Lipinski definition) is 12. The number of carbonyl (C=O) groups excluding carboxylic acids is 2. The Bertz CT molecular complexity index is 3110. The second-order valence-corrected chi connectivity index (χ2v) is 15.3. The first-order chi connectivity index (χ1) is 32.8. The summed E-state index contributed by atoms with van der Waals surface area (Å²) in [4.78, 5) is 65.9. The van der Waals surface area contributed by atoms with Crippen molar-refractivity contribution in [2.45, 2.75) is 0 Å². The monoisotopic (exact) mass is 998 g/mol. The van der Waals surface area contributed by atoms with Crippen molar-refractivity contribution in [3.63, 3.8) is 0 Å². The summed E-state index contributed by atoms with van der Waals surface area (Å²) in [6, 6.07) is 24.9. The zero-order valence-electron chi connectivity index (χ0n) is 37.2. The third-order valence-corrected chi connectivity index (χ3v) is 11.6. The van der Waals surface area contributed by atoms with Crippen LogP contribution < -0.4 is 41.6 Å². The van der Waals surface area contributed by atoms with Crippen LogP contribution in [-0.4, -0.2) is 82.5 Å². The number of nitrogens with zero attached hydrogens (tertiary/aromatic N) is 2. The predicted molar refractivity (Wildman–Crippen MR) is 249 cm³/mol. The number of aromatic carboxylic acids is 4. The van der Waals surface area contributed by atoms with E-state index in [1.807, 2.05) is 12.1 Å². The first-order valence-electron chi connectivity index (χ1n) is 20.6. The molecule has 0 spiro atoms. The number of carboxylic acids is 4. The van der Waals surface area contributed by atoms with Gasteiger partial charge in [0.1, 0.15) is 23.0 Å². The minimum atomic E-state index is -1.41. The number of nitrogens with one attached hydrogen (secondary N) is 2. The molecule has 70 heavy (non-hydrogen) atoms. The molecule has 4 N–H and O–H groups in total. The summed E-state index contributed by atoms with van der Waals surface area (Å²) >= 11 is 0. The van der Waals surface area contributed by atoms with Gasteiger partial charge < -0.3 is 71.3 Å². The summed E-state index contributed by atoms with van der Waals surface area (Å²) in [7, 11) is 5.68. The van der Waals surface area contributed by atoms with Crippen molar-refractivity contribution >= 4 is 70.2 Å². The van der Waals surface area contributed by atoms with Crippen molar-refractivity contribution < 1.29 is 88.0 Å². The smallest absolute Gasteiger partial charge is 1.00 e. The van der Waals surface area contributed by atoms with Crippen LogP contribution in [-0.2, 0) is 17.1 Å². The molecule has 0 atom stereocenters. The summed E-state index contributed by atoms with van der Waals surface area (Å²) in [5, 5.41) is 43.9. The van der Waals surface area contributed by atoms with Crippen LogP contribution in [0.25, 0.3) is 90.9 Å². The fraction of sp³-hybridized carbons (Fsp3) is 0.0769. The van der Waals surface area contributed by atoms with Gasteiger partial charge in [0.2, 0.25) is 0 Å². The van der Waals surface area contributed by atoms with E-state index in [1.165, 1.54) is 77.0 Å². The van der Waals surface area contributed by atoms with Crippen LogP contribution in [0.5, 0.6) is 23.0 Å². The quantitative estimate of drug-likeness (QED) is 0.123. The molecule has 5 heterocycles. The Morgan fingerprint density at radius 1 is 0.429 bits per heavy atom. The van der Waals surface area contributed by atoms with Gasteiger partial charge in [-0.3, -0.25) is 0 Å². The zero-order valence-corrected chi connectivity index (χ0v) is 39.1. The third kappa shape index (κ3) is 8.83. The summed E-state index contributed by atoms with van der Waals surface area (Å²) in [5.74, 6) is -4.27. The fourth-order valence-electron chi connectivity index (χ4n) is 8.45. The van der Waals surface area contributed by atoms with E-state index < -0.39 is 23.9 Å². The molecule has 9 rings (SSSR count). The molecule has 4 aromatic carbocycles. The molecule has 0 unspecified atom stereocenters. The number of hydrogen-bond donors (Lipinski definition) is 4. The van der Waals surface area contributed by atoms with E-state index in [-0.39, 0.29) is 74.7 Å². The number of aromatic nitrogens is 4. The van der Waals surface area contributed by atoms with E-state index in [1.54, 1.807) is 60.7 Å². The number of benzene rings is 4. The normalized spacial score (nSPS) is 11.3. The second-order valence-electron chi connectivity index (χ2n) is 15.3. The summed E-state index contributed by atoms with van der Waals surface area (Å²) in [5.41, 5.74) is 7.23. The minimum Gasteiger partial charge on any atom is -1.00 e. The van der Waals surface area contributed by atoms with Gasteiger partial charge in [-0.2, -0.15) is 0 Å². The van der Waals surface area contributed by atoms with Gasteiger partial charge in [-0.1, -0.05) is 12.1 Å². The number of fused-ring (bicyclic) bond motifs is 8. The molecule has 0 saturated carbocycles. The molecule has 0 aliphatic carbocycles. The van der Waals surface area contributed by atoms with Crippen LogP contribution in [0.4, 0.5) is 0 Å². The predicted octanol–water partition coefficient (Wildman–Crippen LogP) is 4.48. The van der Waals surface area contributed by atoms with Gasteiger partial charge in [0.25, 0.3) is 0 Å². The van der Waals surface area contributed by atoms with Gasteiger partial charge in [-0.25, -0.2) is 19.6 Å². The Labute approximate surface area is 414 Å². The molecule has 2 aliphatic heterocycles. The maximum Gasteiger partial charge on any atom is 3.00 e. The Hall–Kier alpha value is -8.63. The number of H-pyrrole nitrogens is 2. The van der Waals surface area contributed by atoms with Gasteiger partial charge in [0.05, 0.1) is 74.3 Å². The van der Waals surface area contributed by atoms with Crippen molar-refractivity contribution in [1.82, 2.24) is 19.9 Å². The summed E-state index contributed by atoms with van der Waals surface area (Å²) < 4.78 is 23.2. The maximum absolute atomic E-state index is 12.1. The van der Waals surface area contributed by atoms with Crippen LogP contribution in [0.15, 0.2) is 97.1 Å². The van der Waals surface area contributed by atoms with Crippen molar-refractivity contribution in [2.75, 3.05) is 28.4 Å². The number of carbonyl (C=O) groups is 4. The van der Waals surface area contributed by atoms with Gasteiger partial charge >= 0.3 is 29.0 Å². The Morgan fingerprint density at radius 2 is 0.671 bits per heavy atom. The molecule has 0 saturated heterocycles. The van der Waals surface area contributed by atoms with Gasteiger partial charge in [0.15, 0.2) is 0 Å². The average Bonchev–Trinajstić information content (AvgIpc) is 4.20. The molecule has 18 heteroatoms. The minimum absolute atomic E-state index is 0. The van der Waals surface area contributed by atoms with Crippen molar-refractivity contribution in [3.05, 3.63) is 142 Å². The molecule has 3 aromatic heterocycles. The number of methoxy groups -OCH3 is 4. The van der Waals surface area contributed by atoms with Crippen LogP contribution in [0.2, 0.25) is 0 Å². The Morgan fingerprint density at radius 3 is 0.900 bits per heavy atom. The summed E-state index contributed by atoms with van der Waals surface area (Å²) in [6.45, 7) is 0. The first kappa shape index (κ1) is 49.3. The van der Waals surface area contributed by atoms with E-state index in [0.717, 1.165) is 0 Å². The van der Waals surface area contributed by atoms with Crippen molar-refractivity contribution in [2.24, 2.45) is 0 Å². The van der Waals surface area contributed by atoms with Crippen LogP contribution in [0.1, 0.15) is 64.2 Å². The first-order valence-corrected chi connectivity index (χ1v) is 20.6. The van der Waals surface area contributed by atoms with Gasteiger partial charge in [0, 0.05) is 77.7 Å². The third-order valence-electron chi connectivity index (χ3n) is 11.6. The van der Waals surface area contributed by atoms with E-state index in [9.17, 15) is 39.6 Å². The molecule has 0 amide bonds. The van der Waals surface area contributed by atoms with E-state index in [0.29, 0.717) is 89.4 Å². The zero-order chi connectivity index (χ0) is 48.0. The topological polar surface area (TPSA) is 249 Å². The number of halogens is 1. The molecule has 0 fully saturated rings. The Kier molecular flexibility index (Phi) is 14.0. The SMILES string of the molecule is COc1cc(C(=O)[O-])ccc1-c1c2nc(c(-c3ccc(C(=O)[O-])cc3OC)c3ccc([nH]3)c(-c3ccc(C(=O)O)cc3OC)c3nc(c(-c4ccc(C(=O)O)cc4OC)c4ccc1[nH]4)C=C3)C=C2.[Cl-].[Mn+3].